The standard InChI is InChI=1S/C21H29N3O6/c1-21(2,3)30-20(27)24-11-10-16(13-24)22-14-6-8-15(9-7-14)23-17(19(26)29-5)12-18(25)28-4/h6-9,12,16,22-23H,10-11,13H2,1-5H3/b17-12+. The molecule has 0 saturated carbocycles. The molecule has 1 unspecified atom stereocenters. The van der Waals surface area contributed by atoms with Gasteiger partial charge in [0, 0.05) is 30.5 Å². The zero-order chi connectivity index (χ0) is 22.3. The molecule has 164 valence electrons. The predicted molar refractivity (Wildman–Crippen MR) is 112 cm³/mol. The average Bonchev–Trinajstić information content (AvgIpc) is 3.15. The molecule has 1 atom stereocenters. The maximum Gasteiger partial charge on any atom is 0.410 e. The monoisotopic (exact) mass is 419 g/mol. The number of nitrogens with zero attached hydrogens (tertiary/aromatic N) is 1. The lowest BCUT2D eigenvalue weighted by Gasteiger charge is -2.24. The molecular formula is C21H29N3O6. The van der Waals surface area contributed by atoms with Crippen molar-refractivity contribution in [2.45, 2.75) is 38.8 Å². The van der Waals surface area contributed by atoms with Crippen LogP contribution in [-0.2, 0) is 23.8 Å². The second-order valence-electron chi connectivity index (χ2n) is 7.83. The lowest BCUT2D eigenvalue weighted by atomic mass is 10.2. The molecule has 1 aliphatic rings. The van der Waals surface area contributed by atoms with Gasteiger partial charge in [-0.3, -0.25) is 0 Å². The van der Waals surface area contributed by atoms with Gasteiger partial charge in [-0.05, 0) is 51.5 Å². The van der Waals surface area contributed by atoms with Crippen molar-refractivity contribution in [3.8, 4) is 0 Å². The summed E-state index contributed by atoms with van der Waals surface area (Å²) in [5, 5.41) is 6.23. The summed E-state index contributed by atoms with van der Waals surface area (Å²) in [6, 6.07) is 7.31. The first-order chi connectivity index (χ1) is 14.1. The highest BCUT2D eigenvalue weighted by Gasteiger charge is 2.29. The summed E-state index contributed by atoms with van der Waals surface area (Å²) in [7, 11) is 2.45. The Kier molecular flexibility index (Phi) is 7.68. The third-order valence-corrected chi connectivity index (χ3v) is 4.24. The molecule has 1 aromatic rings. The minimum Gasteiger partial charge on any atom is -0.466 e. The summed E-state index contributed by atoms with van der Waals surface area (Å²) in [5.41, 5.74) is 0.918. The van der Waals surface area contributed by atoms with Gasteiger partial charge in [-0.15, -0.1) is 0 Å². The molecule has 1 fully saturated rings. The Bertz CT molecular complexity index is 798. The van der Waals surface area contributed by atoms with E-state index < -0.39 is 17.5 Å². The van der Waals surface area contributed by atoms with Crippen LogP contribution < -0.4 is 10.6 Å². The summed E-state index contributed by atoms with van der Waals surface area (Å²) < 4.78 is 14.6. The smallest absolute Gasteiger partial charge is 0.410 e. The van der Waals surface area contributed by atoms with Crippen molar-refractivity contribution >= 4 is 29.4 Å². The van der Waals surface area contributed by atoms with E-state index in [1.54, 1.807) is 17.0 Å². The molecule has 2 N–H and O–H groups in total. The Hall–Kier alpha value is -3.23. The number of hydrogen-bond acceptors (Lipinski definition) is 8. The molecule has 2 rings (SSSR count). The highest BCUT2D eigenvalue weighted by atomic mass is 16.6. The van der Waals surface area contributed by atoms with Crippen molar-refractivity contribution in [2.75, 3.05) is 37.9 Å². The number of methoxy groups -OCH3 is 2. The van der Waals surface area contributed by atoms with Crippen LogP contribution in [0.2, 0.25) is 0 Å². The van der Waals surface area contributed by atoms with Crippen LogP contribution >= 0.6 is 0 Å². The number of carbonyl (C=O) groups excluding carboxylic acids is 3. The zero-order valence-electron chi connectivity index (χ0n) is 18.0. The van der Waals surface area contributed by atoms with Crippen molar-refractivity contribution in [1.29, 1.82) is 0 Å². The van der Waals surface area contributed by atoms with Gasteiger partial charge < -0.3 is 29.7 Å². The Morgan fingerprint density at radius 3 is 2.27 bits per heavy atom. The fourth-order valence-corrected chi connectivity index (χ4v) is 2.84. The van der Waals surface area contributed by atoms with E-state index in [9.17, 15) is 14.4 Å². The fourth-order valence-electron chi connectivity index (χ4n) is 2.84. The minimum absolute atomic E-state index is 0.0335. The molecule has 9 nitrogen and oxygen atoms in total. The molecule has 1 aliphatic heterocycles. The lowest BCUT2D eigenvalue weighted by molar-refractivity contribution is -0.138. The Morgan fingerprint density at radius 1 is 1.07 bits per heavy atom. The first kappa shape index (κ1) is 23.1. The quantitative estimate of drug-likeness (QED) is 0.412. The zero-order valence-corrected chi connectivity index (χ0v) is 18.0. The van der Waals surface area contributed by atoms with Crippen LogP contribution in [0.5, 0.6) is 0 Å². The minimum atomic E-state index is -0.684. The van der Waals surface area contributed by atoms with Crippen molar-refractivity contribution in [3.05, 3.63) is 36.0 Å². The number of likely N-dealkylation sites (tertiary alicyclic amines) is 1. The van der Waals surface area contributed by atoms with Crippen LogP contribution in [0.25, 0.3) is 0 Å². The summed E-state index contributed by atoms with van der Waals surface area (Å²) in [6.07, 6.45) is 1.54. The van der Waals surface area contributed by atoms with Crippen molar-refractivity contribution in [3.63, 3.8) is 0 Å². The molecule has 0 radical (unpaired) electrons. The number of ether oxygens (including phenoxy) is 3. The molecule has 1 saturated heterocycles. The van der Waals surface area contributed by atoms with Gasteiger partial charge in [0.15, 0.2) is 0 Å². The first-order valence-electron chi connectivity index (χ1n) is 9.61. The van der Waals surface area contributed by atoms with E-state index in [1.165, 1.54) is 14.2 Å². The number of hydrogen-bond donors (Lipinski definition) is 2. The van der Waals surface area contributed by atoms with Gasteiger partial charge in [0.1, 0.15) is 11.3 Å². The van der Waals surface area contributed by atoms with Crippen molar-refractivity contribution in [1.82, 2.24) is 4.90 Å². The van der Waals surface area contributed by atoms with Gasteiger partial charge in [0.05, 0.1) is 20.3 Å². The van der Waals surface area contributed by atoms with Gasteiger partial charge in [-0.1, -0.05) is 0 Å². The molecule has 0 bridgehead atoms. The lowest BCUT2D eigenvalue weighted by Crippen LogP contribution is -2.36. The van der Waals surface area contributed by atoms with Gasteiger partial charge in [0.2, 0.25) is 0 Å². The molecule has 9 heteroatoms. The van der Waals surface area contributed by atoms with Gasteiger partial charge in [-0.25, -0.2) is 14.4 Å². The Labute approximate surface area is 176 Å². The topological polar surface area (TPSA) is 106 Å². The van der Waals surface area contributed by atoms with Crippen molar-refractivity contribution < 1.29 is 28.6 Å². The Balaban J connectivity index is 1.95. The van der Waals surface area contributed by atoms with Gasteiger partial charge in [-0.2, -0.15) is 0 Å². The van der Waals surface area contributed by atoms with Crippen LogP contribution in [-0.4, -0.2) is 61.9 Å². The molecular weight excluding hydrogens is 390 g/mol. The summed E-state index contributed by atoms with van der Waals surface area (Å²) >= 11 is 0. The fraction of sp³-hybridized carbons (Fsp3) is 0.476. The van der Waals surface area contributed by atoms with Crippen LogP contribution in [0.1, 0.15) is 27.2 Å². The van der Waals surface area contributed by atoms with Crippen LogP contribution in [0.4, 0.5) is 16.2 Å². The van der Waals surface area contributed by atoms with E-state index in [2.05, 4.69) is 20.1 Å². The molecule has 0 spiro atoms. The predicted octanol–water partition coefficient (Wildman–Crippen LogP) is 2.75. The SMILES string of the molecule is COC(=O)/C=C(/Nc1ccc(NC2CCN(C(=O)OC(C)(C)C)C2)cc1)C(=O)OC. The van der Waals surface area contributed by atoms with Crippen molar-refractivity contribution in [2.24, 2.45) is 0 Å². The third kappa shape index (κ3) is 6.98. The van der Waals surface area contributed by atoms with E-state index in [4.69, 9.17) is 4.74 Å². The molecule has 0 aromatic heterocycles. The second-order valence-corrected chi connectivity index (χ2v) is 7.83. The van der Waals surface area contributed by atoms with Gasteiger partial charge >= 0.3 is 18.0 Å². The molecule has 1 aromatic carbocycles. The summed E-state index contributed by atoms with van der Waals surface area (Å²) in [4.78, 5) is 37.1. The average molecular weight is 419 g/mol. The number of carbonyl (C=O) groups is 3. The van der Waals surface area contributed by atoms with Crippen LogP contribution in [0, 0.1) is 0 Å². The van der Waals surface area contributed by atoms with E-state index in [1.807, 2.05) is 32.9 Å². The Morgan fingerprint density at radius 2 is 1.70 bits per heavy atom. The highest BCUT2D eigenvalue weighted by Crippen LogP contribution is 2.21. The van der Waals surface area contributed by atoms with E-state index in [-0.39, 0.29) is 17.8 Å². The van der Waals surface area contributed by atoms with Crippen LogP contribution in [0.15, 0.2) is 36.0 Å². The molecule has 1 amide bonds. The molecule has 0 aliphatic carbocycles. The normalized spacial score (nSPS) is 16.6. The number of esters is 2. The highest BCUT2D eigenvalue weighted by molar-refractivity contribution is 5.98. The van der Waals surface area contributed by atoms with E-state index >= 15 is 0 Å². The largest absolute Gasteiger partial charge is 0.466 e. The summed E-state index contributed by atoms with van der Waals surface area (Å²) in [5.74, 6) is -1.35. The van der Waals surface area contributed by atoms with Gasteiger partial charge in [0.25, 0.3) is 0 Å². The number of anilines is 2. The van der Waals surface area contributed by atoms with Crippen LogP contribution in [0.3, 0.4) is 0 Å². The number of benzene rings is 1. The first-order valence-corrected chi connectivity index (χ1v) is 9.61. The third-order valence-electron chi connectivity index (χ3n) is 4.24. The van der Waals surface area contributed by atoms with E-state index in [0.717, 1.165) is 18.2 Å². The number of nitrogens with one attached hydrogen (secondary N) is 2. The number of amides is 1. The maximum atomic E-state index is 12.2. The maximum absolute atomic E-state index is 12.2. The molecule has 1 heterocycles. The van der Waals surface area contributed by atoms with E-state index in [0.29, 0.717) is 18.8 Å². The number of rotatable bonds is 6. The summed E-state index contributed by atoms with van der Waals surface area (Å²) in [6.45, 7) is 6.73. The second kappa shape index (κ2) is 10.00. The molecule has 30 heavy (non-hydrogen) atoms.